The molecule has 1 N–H and O–H groups in total. The van der Waals surface area contributed by atoms with Gasteiger partial charge in [-0.1, -0.05) is 11.6 Å². The Hall–Kier alpha value is -1.33. The minimum atomic E-state index is -0.873. The quantitative estimate of drug-likeness (QED) is 0.835. The molecule has 0 aromatic carbocycles. The molecule has 0 saturated carbocycles. The number of thioether (sulfide) groups is 1. The Bertz CT molecular complexity index is 568. The molecule has 1 aromatic heterocycles. The van der Waals surface area contributed by atoms with E-state index < -0.39 is 10.7 Å². The molecule has 6 heteroatoms. The van der Waals surface area contributed by atoms with Crippen molar-refractivity contribution in [2.24, 2.45) is 4.99 Å². The maximum Gasteiger partial charge on any atom is 0.319 e. The lowest BCUT2D eigenvalue weighted by Gasteiger charge is -2.18. The summed E-state index contributed by atoms with van der Waals surface area (Å²) in [4.78, 5) is 20.2. The molecule has 0 unspecified atom stereocenters. The predicted octanol–water partition coefficient (Wildman–Crippen LogP) is 4.00. The highest BCUT2D eigenvalue weighted by Crippen LogP contribution is 2.31. The van der Waals surface area contributed by atoms with Gasteiger partial charge in [0.05, 0.1) is 5.02 Å². The van der Waals surface area contributed by atoms with Crippen LogP contribution in [-0.4, -0.2) is 26.5 Å². The van der Waals surface area contributed by atoms with Crippen molar-refractivity contribution in [2.75, 3.05) is 0 Å². The van der Waals surface area contributed by atoms with Gasteiger partial charge in [0.2, 0.25) is 0 Å². The average molecular weight is 313 g/mol. The van der Waals surface area contributed by atoms with Crippen LogP contribution < -0.4 is 0 Å². The zero-order chi connectivity index (χ0) is 15.3. The number of hydrogen-bond acceptors (Lipinski definition) is 4. The number of nitrogens with zero attached hydrogens (tertiary/aromatic N) is 2. The van der Waals surface area contributed by atoms with E-state index in [1.165, 1.54) is 11.8 Å². The molecule has 0 radical (unpaired) electrons. The van der Waals surface area contributed by atoms with E-state index in [1.54, 1.807) is 38.5 Å². The van der Waals surface area contributed by atoms with Gasteiger partial charge >= 0.3 is 5.97 Å². The second-order valence-electron chi connectivity index (χ2n) is 4.76. The number of aliphatic carboxylic acids is 1. The second kappa shape index (κ2) is 6.90. The number of aliphatic imine (C=N–C) groups is 1. The summed E-state index contributed by atoms with van der Waals surface area (Å²) in [5.74, 6) is -0.852. The van der Waals surface area contributed by atoms with Gasteiger partial charge in [0, 0.05) is 34.8 Å². The van der Waals surface area contributed by atoms with Crippen LogP contribution in [0.5, 0.6) is 0 Å². The van der Waals surface area contributed by atoms with Gasteiger partial charge in [0.15, 0.2) is 0 Å². The van der Waals surface area contributed by atoms with Crippen LogP contribution in [0.25, 0.3) is 0 Å². The molecule has 0 fully saturated rings. The van der Waals surface area contributed by atoms with Crippen LogP contribution in [0.3, 0.4) is 0 Å². The SMILES string of the molecule is C/C(=C\N=C(/C)c1cncc(Cl)c1)SC(C)(C)C(=O)O. The van der Waals surface area contributed by atoms with Crippen LogP contribution in [-0.2, 0) is 4.79 Å². The number of pyridine rings is 1. The lowest BCUT2D eigenvalue weighted by molar-refractivity contribution is -0.138. The number of aromatic nitrogens is 1. The van der Waals surface area contributed by atoms with Crippen molar-refractivity contribution in [3.8, 4) is 0 Å². The number of carboxylic acids is 1. The third-order valence-electron chi connectivity index (χ3n) is 2.49. The summed E-state index contributed by atoms with van der Waals surface area (Å²) in [5.41, 5.74) is 1.61. The van der Waals surface area contributed by atoms with E-state index in [1.807, 2.05) is 13.8 Å². The normalized spacial score (nSPS) is 13.4. The third-order valence-corrected chi connectivity index (χ3v) is 3.81. The predicted molar refractivity (Wildman–Crippen MR) is 84.5 cm³/mol. The smallest absolute Gasteiger partial charge is 0.319 e. The Labute approximate surface area is 128 Å². The van der Waals surface area contributed by atoms with E-state index in [0.29, 0.717) is 5.02 Å². The fourth-order valence-corrected chi connectivity index (χ4v) is 2.52. The van der Waals surface area contributed by atoms with Crippen LogP contribution in [0.4, 0.5) is 0 Å². The molecular formula is C14H17ClN2O2S. The van der Waals surface area contributed by atoms with Gasteiger partial charge in [-0.2, -0.15) is 0 Å². The third kappa shape index (κ3) is 4.98. The number of rotatable bonds is 5. The van der Waals surface area contributed by atoms with Gasteiger partial charge in [-0.05, 0) is 33.8 Å². The van der Waals surface area contributed by atoms with Gasteiger partial charge in [-0.15, -0.1) is 11.8 Å². The van der Waals surface area contributed by atoms with Crippen LogP contribution in [0.15, 0.2) is 34.6 Å². The maximum absolute atomic E-state index is 11.0. The zero-order valence-electron chi connectivity index (χ0n) is 11.8. The summed E-state index contributed by atoms with van der Waals surface area (Å²) in [6.45, 7) is 7.01. The molecular weight excluding hydrogens is 296 g/mol. The number of hydrogen-bond donors (Lipinski definition) is 1. The van der Waals surface area contributed by atoms with Gasteiger partial charge in [0.25, 0.3) is 0 Å². The molecule has 4 nitrogen and oxygen atoms in total. The molecule has 0 aliphatic rings. The highest BCUT2D eigenvalue weighted by molar-refractivity contribution is 8.05. The lowest BCUT2D eigenvalue weighted by Crippen LogP contribution is -2.26. The summed E-state index contributed by atoms with van der Waals surface area (Å²) in [5, 5.41) is 9.62. The van der Waals surface area contributed by atoms with E-state index in [0.717, 1.165) is 16.2 Å². The van der Waals surface area contributed by atoms with Crippen LogP contribution in [0, 0.1) is 0 Å². The van der Waals surface area contributed by atoms with Gasteiger partial charge in [0.1, 0.15) is 4.75 Å². The fraction of sp³-hybridized carbons (Fsp3) is 0.357. The Morgan fingerprint density at radius 2 is 2.10 bits per heavy atom. The van der Waals surface area contributed by atoms with Crippen LogP contribution >= 0.6 is 23.4 Å². The zero-order valence-corrected chi connectivity index (χ0v) is 13.4. The molecule has 0 aliphatic carbocycles. The number of carbonyl (C=O) groups is 1. The maximum atomic E-state index is 11.0. The highest BCUT2D eigenvalue weighted by atomic mass is 35.5. The molecule has 20 heavy (non-hydrogen) atoms. The highest BCUT2D eigenvalue weighted by Gasteiger charge is 2.28. The summed E-state index contributed by atoms with van der Waals surface area (Å²) in [6.07, 6.45) is 4.90. The topological polar surface area (TPSA) is 62.5 Å². The Morgan fingerprint density at radius 3 is 2.65 bits per heavy atom. The van der Waals surface area contributed by atoms with Gasteiger partial charge in [-0.25, -0.2) is 0 Å². The Balaban J connectivity index is 2.84. The molecule has 108 valence electrons. The number of halogens is 1. The van der Waals surface area contributed by atoms with E-state index in [-0.39, 0.29) is 0 Å². The molecule has 0 bridgehead atoms. The Morgan fingerprint density at radius 1 is 1.45 bits per heavy atom. The lowest BCUT2D eigenvalue weighted by atomic mass is 10.2. The second-order valence-corrected chi connectivity index (χ2v) is 7.07. The molecule has 0 aliphatic heterocycles. The first-order valence-corrected chi connectivity index (χ1v) is 7.16. The molecule has 0 saturated heterocycles. The Kier molecular flexibility index (Phi) is 5.77. The summed E-state index contributed by atoms with van der Waals surface area (Å²) >= 11 is 7.13. The average Bonchev–Trinajstić information content (AvgIpc) is 2.35. The summed E-state index contributed by atoms with van der Waals surface area (Å²) in [7, 11) is 0. The molecule has 1 heterocycles. The minimum absolute atomic E-state index is 0.555. The minimum Gasteiger partial charge on any atom is -0.480 e. The van der Waals surface area contributed by atoms with E-state index in [4.69, 9.17) is 16.7 Å². The number of allylic oxidation sites excluding steroid dienone is 1. The van der Waals surface area contributed by atoms with Crippen molar-refractivity contribution in [3.63, 3.8) is 0 Å². The van der Waals surface area contributed by atoms with Crippen molar-refractivity contribution in [3.05, 3.63) is 40.2 Å². The van der Waals surface area contributed by atoms with Crippen molar-refractivity contribution in [2.45, 2.75) is 32.4 Å². The monoisotopic (exact) mass is 312 g/mol. The summed E-state index contributed by atoms with van der Waals surface area (Å²) in [6, 6.07) is 1.78. The van der Waals surface area contributed by atoms with E-state index in [9.17, 15) is 4.79 Å². The molecule has 1 rings (SSSR count). The van der Waals surface area contributed by atoms with E-state index >= 15 is 0 Å². The number of carboxylic acid groups (broad SMARTS) is 1. The molecule has 0 amide bonds. The first-order chi connectivity index (χ1) is 9.22. The van der Waals surface area contributed by atoms with E-state index in [2.05, 4.69) is 9.98 Å². The van der Waals surface area contributed by atoms with Gasteiger partial charge in [-0.3, -0.25) is 14.8 Å². The van der Waals surface area contributed by atoms with Gasteiger partial charge < -0.3 is 5.11 Å². The van der Waals surface area contributed by atoms with Crippen molar-refractivity contribution >= 4 is 35.0 Å². The standard InChI is InChI=1S/C14H17ClN2O2S/c1-9(20-14(3,4)13(18)19)6-17-10(2)11-5-12(15)8-16-7-11/h5-8H,1-4H3,(H,18,19)/b9-6+,17-10+. The molecule has 0 spiro atoms. The molecule has 0 atom stereocenters. The molecule has 1 aromatic rings. The van der Waals surface area contributed by atoms with Crippen LogP contribution in [0.2, 0.25) is 5.02 Å². The first-order valence-electron chi connectivity index (χ1n) is 5.97. The first kappa shape index (κ1) is 16.7. The largest absolute Gasteiger partial charge is 0.480 e. The van der Waals surface area contributed by atoms with Crippen molar-refractivity contribution in [1.29, 1.82) is 0 Å². The van der Waals surface area contributed by atoms with Crippen LogP contribution in [0.1, 0.15) is 33.3 Å². The van der Waals surface area contributed by atoms with Crippen molar-refractivity contribution in [1.82, 2.24) is 4.98 Å². The van der Waals surface area contributed by atoms with Crippen molar-refractivity contribution < 1.29 is 9.90 Å². The summed E-state index contributed by atoms with van der Waals surface area (Å²) < 4.78 is -0.873. The fourth-order valence-electron chi connectivity index (χ4n) is 1.34.